The molecule has 1 aliphatic rings. The van der Waals surface area contributed by atoms with Crippen molar-refractivity contribution in [2.24, 2.45) is 0 Å². The number of rotatable bonds is 6. The summed E-state index contributed by atoms with van der Waals surface area (Å²) in [6.45, 7) is 3.94. The number of ether oxygens (including phenoxy) is 2. The summed E-state index contributed by atoms with van der Waals surface area (Å²) in [5.41, 5.74) is 1.94. The molecule has 1 atom stereocenters. The van der Waals surface area contributed by atoms with Crippen molar-refractivity contribution in [2.45, 2.75) is 25.9 Å². The van der Waals surface area contributed by atoms with Gasteiger partial charge in [0.05, 0.1) is 20.8 Å². The van der Waals surface area contributed by atoms with Crippen LogP contribution in [0.5, 0.6) is 11.5 Å². The van der Waals surface area contributed by atoms with E-state index in [1.807, 2.05) is 47.4 Å². The third kappa shape index (κ3) is 4.37. The summed E-state index contributed by atoms with van der Waals surface area (Å²) >= 11 is 5.99. The van der Waals surface area contributed by atoms with Crippen LogP contribution in [0.15, 0.2) is 42.5 Å². The summed E-state index contributed by atoms with van der Waals surface area (Å²) < 4.78 is 10.8. The van der Waals surface area contributed by atoms with Gasteiger partial charge in [-0.2, -0.15) is 0 Å². The molecule has 1 saturated heterocycles. The van der Waals surface area contributed by atoms with Crippen LogP contribution < -0.4 is 14.4 Å². The highest BCUT2D eigenvalue weighted by Crippen LogP contribution is 2.29. The molecule has 1 fully saturated rings. The Labute approximate surface area is 165 Å². The number of piperazine rings is 1. The van der Waals surface area contributed by atoms with E-state index in [2.05, 4.69) is 11.8 Å². The summed E-state index contributed by atoms with van der Waals surface area (Å²) in [4.78, 5) is 17.0. The first-order chi connectivity index (χ1) is 13.0. The topological polar surface area (TPSA) is 42.0 Å². The van der Waals surface area contributed by atoms with E-state index in [1.54, 1.807) is 14.2 Å². The van der Waals surface area contributed by atoms with Crippen LogP contribution in [0, 0.1) is 0 Å². The van der Waals surface area contributed by atoms with Gasteiger partial charge in [0.15, 0.2) is 0 Å². The van der Waals surface area contributed by atoms with Crippen molar-refractivity contribution in [1.82, 2.24) is 4.90 Å². The molecule has 144 valence electrons. The zero-order valence-electron chi connectivity index (χ0n) is 15.9. The zero-order chi connectivity index (χ0) is 19.4. The molecule has 0 radical (unpaired) electrons. The van der Waals surface area contributed by atoms with Crippen molar-refractivity contribution in [3.05, 3.63) is 53.1 Å². The maximum Gasteiger partial charge on any atom is 0.241 e. The van der Waals surface area contributed by atoms with Gasteiger partial charge in [-0.15, -0.1) is 0 Å². The predicted octanol–water partition coefficient (Wildman–Crippen LogP) is 3.98. The van der Waals surface area contributed by atoms with Gasteiger partial charge in [-0.1, -0.05) is 24.6 Å². The quantitative estimate of drug-likeness (QED) is 0.750. The van der Waals surface area contributed by atoms with E-state index in [1.165, 1.54) is 0 Å². The first kappa shape index (κ1) is 19.5. The van der Waals surface area contributed by atoms with E-state index in [0.717, 1.165) is 35.7 Å². The average molecular weight is 389 g/mol. The third-order valence-electron chi connectivity index (χ3n) is 4.93. The van der Waals surface area contributed by atoms with Crippen LogP contribution in [0.3, 0.4) is 0 Å². The van der Waals surface area contributed by atoms with Crippen LogP contribution in [0.2, 0.25) is 5.02 Å². The molecular formula is C21H25ClN2O3. The molecule has 1 heterocycles. The first-order valence-corrected chi connectivity index (χ1v) is 9.44. The van der Waals surface area contributed by atoms with Crippen LogP contribution >= 0.6 is 11.6 Å². The van der Waals surface area contributed by atoms with Crippen LogP contribution in [0.4, 0.5) is 5.69 Å². The van der Waals surface area contributed by atoms with Crippen LogP contribution in [-0.2, 0) is 11.3 Å². The number of hydrogen-bond acceptors (Lipinski definition) is 4. The van der Waals surface area contributed by atoms with Crippen molar-refractivity contribution >= 4 is 23.2 Å². The standard InChI is InChI=1S/C21H25ClN2O3/c1-4-17-13-23(12-15-5-10-19(26-2)11-20(15)27-3)14-21(25)24(17)18-8-6-16(22)7-9-18/h5-11,17H,4,12-14H2,1-3H3/t17-/m1/s1. The number of carbonyl (C=O) groups excluding carboxylic acids is 1. The van der Waals surface area contributed by atoms with Crippen LogP contribution in [0.25, 0.3) is 0 Å². The Morgan fingerprint density at radius 2 is 1.85 bits per heavy atom. The molecule has 1 aliphatic heterocycles. The molecule has 5 nitrogen and oxygen atoms in total. The highest BCUT2D eigenvalue weighted by atomic mass is 35.5. The maximum absolute atomic E-state index is 12.9. The van der Waals surface area contributed by atoms with Crippen molar-refractivity contribution in [1.29, 1.82) is 0 Å². The lowest BCUT2D eigenvalue weighted by Crippen LogP contribution is -2.56. The van der Waals surface area contributed by atoms with Gasteiger partial charge < -0.3 is 14.4 Å². The van der Waals surface area contributed by atoms with Gasteiger partial charge in [0.2, 0.25) is 5.91 Å². The molecule has 1 amide bonds. The van der Waals surface area contributed by atoms with E-state index < -0.39 is 0 Å². The molecule has 0 N–H and O–H groups in total. The summed E-state index contributed by atoms with van der Waals surface area (Å²) in [7, 11) is 3.28. The van der Waals surface area contributed by atoms with Gasteiger partial charge in [-0.05, 0) is 36.8 Å². The molecule has 0 saturated carbocycles. The molecular weight excluding hydrogens is 364 g/mol. The van der Waals surface area contributed by atoms with Crippen molar-refractivity contribution < 1.29 is 14.3 Å². The lowest BCUT2D eigenvalue weighted by atomic mass is 10.1. The largest absolute Gasteiger partial charge is 0.497 e. The van der Waals surface area contributed by atoms with Gasteiger partial charge in [0.1, 0.15) is 11.5 Å². The number of benzene rings is 2. The lowest BCUT2D eigenvalue weighted by Gasteiger charge is -2.41. The van der Waals surface area contributed by atoms with E-state index in [9.17, 15) is 4.79 Å². The molecule has 0 bridgehead atoms. The Morgan fingerprint density at radius 1 is 1.11 bits per heavy atom. The van der Waals surface area contributed by atoms with Crippen molar-refractivity contribution in [3.8, 4) is 11.5 Å². The molecule has 0 unspecified atom stereocenters. The SMILES string of the molecule is CC[C@@H]1CN(Cc2ccc(OC)cc2OC)CC(=O)N1c1ccc(Cl)cc1. The Kier molecular flexibility index (Phi) is 6.24. The Hall–Kier alpha value is -2.24. The fourth-order valence-corrected chi connectivity index (χ4v) is 3.65. The fraction of sp³-hybridized carbons (Fsp3) is 0.381. The number of anilines is 1. The van der Waals surface area contributed by atoms with Crippen LogP contribution in [-0.4, -0.2) is 44.2 Å². The summed E-state index contributed by atoms with van der Waals surface area (Å²) in [6.07, 6.45) is 0.880. The number of nitrogens with zero attached hydrogens (tertiary/aromatic N) is 2. The Morgan fingerprint density at radius 3 is 2.48 bits per heavy atom. The van der Waals surface area contributed by atoms with E-state index in [-0.39, 0.29) is 11.9 Å². The zero-order valence-corrected chi connectivity index (χ0v) is 16.7. The fourth-order valence-electron chi connectivity index (χ4n) is 3.53. The number of amides is 1. The maximum atomic E-state index is 12.9. The minimum atomic E-state index is 0.0999. The van der Waals surface area contributed by atoms with Gasteiger partial charge in [0.25, 0.3) is 0 Å². The van der Waals surface area contributed by atoms with E-state index in [4.69, 9.17) is 21.1 Å². The minimum Gasteiger partial charge on any atom is -0.497 e. The van der Waals surface area contributed by atoms with Gasteiger partial charge in [-0.25, -0.2) is 0 Å². The number of methoxy groups -OCH3 is 2. The van der Waals surface area contributed by atoms with Gasteiger partial charge >= 0.3 is 0 Å². The molecule has 2 aromatic rings. The smallest absolute Gasteiger partial charge is 0.241 e. The van der Waals surface area contributed by atoms with E-state index in [0.29, 0.717) is 18.1 Å². The summed E-state index contributed by atoms with van der Waals surface area (Å²) in [6, 6.07) is 13.4. The second-order valence-electron chi connectivity index (χ2n) is 6.65. The van der Waals surface area contributed by atoms with Crippen molar-refractivity contribution in [3.63, 3.8) is 0 Å². The minimum absolute atomic E-state index is 0.0999. The van der Waals surface area contributed by atoms with Crippen LogP contribution in [0.1, 0.15) is 18.9 Å². The number of halogens is 1. The number of carbonyl (C=O) groups is 1. The molecule has 2 aromatic carbocycles. The summed E-state index contributed by atoms with van der Waals surface area (Å²) in [5.74, 6) is 1.63. The van der Waals surface area contributed by atoms with E-state index >= 15 is 0 Å². The Bertz CT molecular complexity index is 795. The second kappa shape index (κ2) is 8.63. The second-order valence-corrected chi connectivity index (χ2v) is 7.09. The first-order valence-electron chi connectivity index (χ1n) is 9.06. The van der Waals surface area contributed by atoms with Crippen molar-refractivity contribution in [2.75, 3.05) is 32.2 Å². The average Bonchev–Trinajstić information content (AvgIpc) is 2.68. The third-order valence-corrected chi connectivity index (χ3v) is 5.18. The Balaban J connectivity index is 1.77. The molecule has 6 heteroatoms. The summed E-state index contributed by atoms with van der Waals surface area (Å²) in [5, 5.41) is 0.671. The van der Waals surface area contributed by atoms with Gasteiger partial charge in [-0.3, -0.25) is 9.69 Å². The van der Waals surface area contributed by atoms with Gasteiger partial charge in [0, 0.05) is 41.5 Å². The molecule has 3 rings (SSSR count). The normalized spacial score (nSPS) is 17.9. The molecule has 0 aliphatic carbocycles. The lowest BCUT2D eigenvalue weighted by molar-refractivity contribution is -0.122. The highest BCUT2D eigenvalue weighted by Gasteiger charge is 2.32. The monoisotopic (exact) mass is 388 g/mol. The molecule has 0 spiro atoms. The number of hydrogen-bond donors (Lipinski definition) is 0. The highest BCUT2D eigenvalue weighted by molar-refractivity contribution is 6.30. The molecule has 0 aromatic heterocycles. The molecule has 27 heavy (non-hydrogen) atoms. The predicted molar refractivity (Wildman–Crippen MR) is 108 cm³/mol.